The van der Waals surface area contributed by atoms with Crippen molar-refractivity contribution in [3.8, 4) is 0 Å². The van der Waals surface area contributed by atoms with Gasteiger partial charge >= 0.3 is 13.2 Å². The molecule has 1 amide bonds. The fourth-order valence-corrected chi connectivity index (χ4v) is 15.6. The summed E-state index contributed by atoms with van der Waals surface area (Å²) in [5.41, 5.74) is 14.6. The van der Waals surface area contributed by atoms with E-state index in [9.17, 15) is 19.2 Å². The molecule has 5 aliphatic carbocycles. The van der Waals surface area contributed by atoms with E-state index in [-0.39, 0.29) is 47.0 Å². The number of amides is 1. The monoisotopic (exact) mass is 1670 g/mol. The Hall–Kier alpha value is -3.91. The highest BCUT2D eigenvalue weighted by Crippen LogP contribution is 2.47. The van der Waals surface area contributed by atoms with E-state index in [0.717, 1.165) is 153 Å². The molecule has 590 valence electrons. The number of nitrogens with zero attached hydrogens (tertiary/aromatic N) is 3. The Labute approximate surface area is 681 Å². The van der Waals surface area contributed by atoms with Gasteiger partial charge in [0.1, 0.15) is 24.0 Å². The van der Waals surface area contributed by atoms with Gasteiger partial charge in [-0.25, -0.2) is 4.79 Å². The normalized spacial score (nSPS) is 20.4. The lowest BCUT2D eigenvalue weighted by atomic mass is 9.72. The molecule has 0 bridgehead atoms. The van der Waals surface area contributed by atoms with E-state index in [1.807, 2.05) is 74.2 Å². The number of ether oxygens (including phenoxy) is 1. The van der Waals surface area contributed by atoms with Crippen LogP contribution in [0.1, 0.15) is 249 Å². The molecule has 0 aromatic heterocycles. The maximum atomic E-state index is 12.3. The van der Waals surface area contributed by atoms with Crippen molar-refractivity contribution in [3.05, 3.63) is 161 Å². The number of hydrogen-bond acceptors (Lipinski definition) is 10. The molecule has 0 spiro atoms. The maximum Gasteiger partial charge on any atom is 0.488 e. The molecule has 4 fully saturated rings. The lowest BCUT2D eigenvalue weighted by Gasteiger charge is -2.39. The molecule has 0 radical (unpaired) electrons. The van der Waals surface area contributed by atoms with E-state index < -0.39 is 12.7 Å². The lowest BCUT2D eigenvalue weighted by molar-refractivity contribution is -0.123. The number of hydrogen-bond donors (Lipinski definition) is 3. The quantitative estimate of drug-likeness (QED) is 0.0799. The number of Topliss-reactive ketones (excluding diaryl/α,β-unsaturated/α-hetero) is 1. The number of carbonyl (C=O) groups excluding carboxylic acids is 4. The van der Waals surface area contributed by atoms with Crippen molar-refractivity contribution < 1.29 is 40.1 Å². The van der Waals surface area contributed by atoms with Crippen molar-refractivity contribution in [3.63, 3.8) is 0 Å². The largest absolute Gasteiger partial charge is 0.488 e. The van der Waals surface area contributed by atoms with Crippen molar-refractivity contribution in [1.29, 1.82) is 0 Å². The van der Waals surface area contributed by atoms with Crippen LogP contribution in [0, 0.1) is 27.1 Å². The smallest absolute Gasteiger partial charge is 0.444 e. The summed E-state index contributed by atoms with van der Waals surface area (Å²) in [5, 5.41) is 24.2. The zero-order chi connectivity index (χ0) is 76.5. The topological polar surface area (TPSA) is 140 Å². The number of benzene rings is 4. The van der Waals surface area contributed by atoms with Crippen LogP contribution in [0.4, 0.5) is 9.50 Å². The van der Waals surface area contributed by atoms with Crippen molar-refractivity contribution in [2.24, 2.45) is 27.1 Å². The standard InChI is InChI=1S/C24H35ClN2O2.C20H28ClN.C15H17ClO.C9H13ClO.C8H14O.C6H6BClO2.C5H11N.FH.HI.H2/c1-23(2,3)29-22(28)27-14-12-26(13-15-27)17-19-10-11-24(4,5)16-21(19)18-6-8-20(25)9-7-18;1-20(2)11-10-17(15-22-12-4-3-5-13-22)19(14-20)16-6-8-18(21)9-7-16;1-15(2)8-7-12(10-17)14(9-15)11-3-5-13(16)6-4-11;1-9(2)4-3-7(6-11)8(10)5-9;1-8(2)5-3-4-7(9)6-8;8-6-3-1-5(2-4-6)7(9)10;1-2-4-6-5-3-1;;;/h6-9H,10-17H2,1-5H3;6-9H,3-5,10-15H2,1-2H3;3-6,10H,7-9H2,1-2H3;6H,3-5H2,1-2H3;3-6H2,1-2H3;1-4,9-10H;6H,1-5H2;3*1H. The highest BCUT2D eigenvalue weighted by Gasteiger charge is 2.34. The highest BCUT2D eigenvalue weighted by atomic mass is 127. The van der Waals surface area contributed by atoms with Gasteiger partial charge in [-0.2, -0.15) is 0 Å². The summed E-state index contributed by atoms with van der Waals surface area (Å²) in [6.07, 6.45) is 26.9. The van der Waals surface area contributed by atoms with E-state index in [4.69, 9.17) is 72.8 Å². The molecule has 4 aromatic carbocycles. The minimum Gasteiger partial charge on any atom is -0.444 e. The number of likely N-dealkylation sites (tertiary alicyclic amines) is 1. The van der Waals surface area contributed by atoms with Crippen LogP contribution in [0.15, 0.2) is 124 Å². The second-order valence-electron chi connectivity index (χ2n) is 34.8. The Kier molecular flexibility index (Phi) is 40.1. The maximum absolute atomic E-state index is 12.3. The third-order valence-electron chi connectivity index (χ3n) is 21.1. The molecule has 11 nitrogen and oxygen atoms in total. The molecule has 4 aromatic rings. The SMILES string of the molecule is C1CCNCC1.CC1(C)CCC(C=O)=C(Cl)C1.CC1(C)CCC(C=O)=C(c2ccc(Cl)cc2)C1.CC1(C)CCC(CN2CCCCC2)=C(c2ccc(Cl)cc2)C1.CC1(C)CCC(CN2CCN(C(=O)OC(C)(C)C)CC2)=C(c2ccc(Cl)cc2)C1.CC1(C)CCCC(=O)C1.F.I.OB(O)c1ccc(Cl)cc1.[HH]. The van der Waals surface area contributed by atoms with Crippen molar-refractivity contribution in [2.75, 3.05) is 65.4 Å². The Morgan fingerprint density at radius 1 is 0.481 bits per heavy atom. The summed E-state index contributed by atoms with van der Waals surface area (Å²) in [5.74, 6) is 0.450. The first-order valence-corrected chi connectivity index (χ1v) is 40.3. The molecule has 3 heterocycles. The summed E-state index contributed by atoms with van der Waals surface area (Å²) in [6.45, 7) is 38.9. The average Bonchev–Trinajstić information content (AvgIpc) is 0.806. The Morgan fingerprint density at radius 2 is 0.849 bits per heavy atom. The Balaban J connectivity index is 0.000000340. The van der Waals surface area contributed by atoms with E-state index in [1.165, 1.54) is 131 Å². The van der Waals surface area contributed by atoms with Gasteiger partial charge in [-0.3, -0.25) is 28.9 Å². The molecule has 12 rings (SSSR count). The second-order valence-corrected chi connectivity index (χ2v) is 37.0. The molecular formula is C87H128BCl5FIN4O7. The third-order valence-corrected chi connectivity index (χ3v) is 22.4. The molecule has 3 N–H and O–H groups in total. The van der Waals surface area contributed by atoms with Gasteiger partial charge in [0.05, 0.1) is 0 Å². The van der Waals surface area contributed by atoms with Gasteiger partial charge in [0.25, 0.3) is 0 Å². The number of ketones is 1. The van der Waals surface area contributed by atoms with Crippen LogP contribution in [0.25, 0.3) is 16.7 Å². The number of allylic oxidation sites excluding steroid dienone is 6. The summed E-state index contributed by atoms with van der Waals surface area (Å²) in [7, 11) is -1.41. The van der Waals surface area contributed by atoms with Gasteiger partial charge in [-0.15, -0.1) is 24.0 Å². The predicted molar refractivity (Wildman–Crippen MR) is 460 cm³/mol. The number of nitrogens with one attached hydrogen (secondary N) is 1. The number of piperazine rings is 1. The minimum atomic E-state index is -1.41. The molecule has 1 saturated carbocycles. The van der Waals surface area contributed by atoms with Crippen LogP contribution in [0.2, 0.25) is 20.1 Å². The van der Waals surface area contributed by atoms with Gasteiger partial charge < -0.3 is 25.0 Å². The lowest BCUT2D eigenvalue weighted by Crippen LogP contribution is -2.50. The van der Waals surface area contributed by atoms with E-state index in [1.54, 1.807) is 35.4 Å². The van der Waals surface area contributed by atoms with Gasteiger partial charge in [0.15, 0.2) is 0 Å². The molecule has 3 saturated heterocycles. The first-order chi connectivity index (χ1) is 48.9. The predicted octanol–water partition coefficient (Wildman–Crippen LogP) is 23.0. The first-order valence-electron chi connectivity index (χ1n) is 38.4. The minimum absolute atomic E-state index is 0. The van der Waals surface area contributed by atoms with Crippen LogP contribution in [0.5, 0.6) is 0 Å². The number of halogens is 7. The number of carbonyl (C=O) groups is 4. The van der Waals surface area contributed by atoms with Crippen molar-refractivity contribution in [1.82, 2.24) is 20.0 Å². The van der Waals surface area contributed by atoms with Crippen LogP contribution in [0.3, 0.4) is 0 Å². The van der Waals surface area contributed by atoms with Gasteiger partial charge in [0.2, 0.25) is 0 Å². The highest BCUT2D eigenvalue weighted by molar-refractivity contribution is 14.0. The molecule has 106 heavy (non-hydrogen) atoms. The van der Waals surface area contributed by atoms with Crippen LogP contribution in [-0.2, 0) is 19.1 Å². The van der Waals surface area contributed by atoms with Crippen LogP contribution < -0.4 is 10.8 Å². The Bertz CT molecular complexity index is 3510. The van der Waals surface area contributed by atoms with E-state index in [2.05, 4.69) is 109 Å². The fraction of sp³-hybridized carbons (Fsp3) is 0.586. The first kappa shape index (κ1) is 94.5. The molecule has 8 aliphatic rings. The Morgan fingerprint density at radius 3 is 1.21 bits per heavy atom. The average molecular weight is 1680 g/mol. The van der Waals surface area contributed by atoms with Crippen molar-refractivity contribution >= 4 is 136 Å². The van der Waals surface area contributed by atoms with Crippen molar-refractivity contribution in [2.45, 2.75) is 237 Å². The van der Waals surface area contributed by atoms with Crippen LogP contribution >= 0.6 is 82.0 Å². The zero-order valence-electron chi connectivity index (χ0n) is 66.1. The summed E-state index contributed by atoms with van der Waals surface area (Å²) >= 11 is 29.5. The van der Waals surface area contributed by atoms with Gasteiger partial charge in [0, 0.05) is 84.2 Å². The number of piperidine rings is 2. The number of rotatable bonds is 10. The van der Waals surface area contributed by atoms with Gasteiger partial charge in [-0.1, -0.05) is 200 Å². The van der Waals surface area contributed by atoms with Crippen LogP contribution in [-0.4, -0.2) is 127 Å². The summed E-state index contributed by atoms with van der Waals surface area (Å²) in [4.78, 5) is 51.7. The third kappa shape index (κ3) is 34.4. The number of aldehydes is 2. The second kappa shape index (κ2) is 45.0. The van der Waals surface area contributed by atoms with Gasteiger partial charge in [-0.05, 0) is 283 Å². The molecule has 3 aliphatic heterocycles. The molecule has 0 atom stereocenters. The summed E-state index contributed by atoms with van der Waals surface area (Å²) < 4.78 is 5.52. The molecular weight excluding hydrogens is 1550 g/mol. The molecule has 19 heteroatoms. The van der Waals surface area contributed by atoms with E-state index >= 15 is 0 Å². The zero-order valence-corrected chi connectivity index (χ0v) is 72.2. The van der Waals surface area contributed by atoms with E-state index in [0.29, 0.717) is 32.5 Å². The fourth-order valence-electron chi connectivity index (χ4n) is 14.6. The molecule has 0 unspecified atom stereocenters. The summed E-state index contributed by atoms with van der Waals surface area (Å²) in [6, 6.07) is 30.9.